The number of benzene rings is 3. The van der Waals surface area contributed by atoms with E-state index in [1.54, 1.807) is 53.6 Å². The van der Waals surface area contributed by atoms with E-state index in [1.807, 2.05) is 48.5 Å². The Morgan fingerprint density at radius 2 is 1.65 bits per heavy atom. The maximum Gasteiger partial charge on any atom is 0.259 e. The molecule has 168 valence electrons. The Hall–Kier alpha value is -4.10. The molecule has 1 aliphatic rings. The zero-order valence-electron chi connectivity index (χ0n) is 18.2. The van der Waals surface area contributed by atoms with Crippen molar-refractivity contribution in [1.29, 1.82) is 0 Å². The van der Waals surface area contributed by atoms with E-state index in [4.69, 9.17) is 0 Å². The van der Waals surface area contributed by atoms with E-state index < -0.39 is 10.8 Å². The molecule has 0 bridgehead atoms. The number of anilines is 1. The Morgan fingerprint density at radius 3 is 2.44 bits per heavy atom. The highest BCUT2D eigenvalue weighted by Crippen LogP contribution is 2.36. The SMILES string of the molecule is O=C(NCc1ccccn1)c1ccc2c(c1)N(Cc1ccccc1)C(=O)c1ccccc1[S@@]2=O. The fourth-order valence-corrected chi connectivity index (χ4v) is 5.25. The number of rotatable bonds is 5. The number of fused-ring (bicyclic) bond motifs is 2. The van der Waals surface area contributed by atoms with Gasteiger partial charge in [0.05, 0.1) is 50.6 Å². The minimum Gasteiger partial charge on any atom is -0.346 e. The summed E-state index contributed by atoms with van der Waals surface area (Å²) in [4.78, 5) is 33.3. The van der Waals surface area contributed by atoms with Crippen LogP contribution in [0.2, 0.25) is 0 Å². The third-order valence-corrected chi connectivity index (χ3v) is 7.11. The first-order chi connectivity index (χ1) is 16.6. The minimum absolute atomic E-state index is 0.252. The first kappa shape index (κ1) is 21.7. The summed E-state index contributed by atoms with van der Waals surface area (Å²) in [6.07, 6.45) is 1.67. The zero-order valence-corrected chi connectivity index (χ0v) is 19.0. The van der Waals surface area contributed by atoms with Crippen LogP contribution in [0.15, 0.2) is 107 Å². The van der Waals surface area contributed by atoms with Gasteiger partial charge in [-0.2, -0.15) is 0 Å². The largest absolute Gasteiger partial charge is 0.346 e. The molecule has 6 nitrogen and oxygen atoms in total. The molecule has 0 radical (unpaired) electrons. The molecule has 1 aliphatic heterocycles. The summed E-state index contributed by atoms with van der Waals surface area (Å²) in [5.41, 5.74) is 2.91. The van der Waals surface area contributed by atoms with Gasteiger partial charge in [0.15, 0.2) is 0 Å². The highest BCUT2D eigenvalue weighted by atomic mass is 32.2. The molecule has 7 heteroatoms. The van der Waals surface area contributed by atoms with Crippen molar-refractivity contribution >= 4 is 28.3 Å². The van der Waals surface area contributed by atoms with E-state index in [0.717, 1.165) is 11.3 Å². The Bertz CT molecular complexity index is 1390. The van der Waals surface area contributed by atoms with E-state index in [9.17, 15) is 13.8 Å². The molecular formula is C27H21N3O3S. The molecule has 34 heavy (non-hydrogen) atoms. The van der Waals surface area contributed by atoms with Gasteiger partial charge in [0.25, 0.3) is 11.8 Å². The number of hydrogen-bond acceptors (Lipinski definition) is 4. The van der Waals surface area contributed by atoms with Gasteiger partial charge in [0.2, 0.25) is 0 Å². The van der Waals surface area contributed by atoms with Crippen LogP contribution in [0.3, 0.4) is 0 Å². The molecule has 0 spiro atoms. The lowest BCUT2D eigenvalue weighted by Gasteiger charge is -2.23. The van der Waals surface area contributed by atoms with Gasteiger partial charge in [-0.05, 0) is 48.0 Å². The van der Waals surface area contributed by atoms with E-state index >= 15 is 0 Å². The average Bonchev–Trinajstić information content (AvgIpc) is 2.98. The smallest absolute Gasteiger partial charge is 0.259 e. The van der Waals surface area contributed by atoms with Crippen LogP contribution in [0.1, 0.15) is 32.0 Å². The number of hydrogen-bond donors (Lipinski definition) is 1. The Kier molecular flexibility index (Phi) is 6.01. The average molecular weight is 468 g/mol. The fraction of sp³-hybridized carbons (Fsp3) is 0.0741. The third-order valence-electron chi connectivity index (χ3n) is 5.61. The summed E-state index contributed by atoms with van der Waals surface area (Å²) in [5.74, 6) is -0.550. The summed E-state index contributed by atoms with van der Waals surface area (Å²) in [7, 11) is -1.57. The number of carbonyl (C=O) groups is 2. The number of carbonyl (C=O) groups excluding carboxylic acids is 2. The van der Waals surface area contributed by atoms with Crippen molar-refractivity contribution in [3.05, 3.63) is 120 Å². The number of amides is 2. The zero-order chi connectivity index (χ0) is 23.5. The van der Waals surface area contributed by atoms with Crippen molar-refractivity contribution in [1.82, 2.24) is 10.3 Å². The van der Waals surface area contributed by atoms with Crippen LogP contribution in [0.5, 0.6) is 0 Å². The second kappa shape index (κ2) is 9.41. The van der Waals surface area contributed by atoms with Crippen molar-refractivity contribution < 1.29 is 13.8 Å². The number of nitrogens with zero attached hydrogens (tertiary/aromatic N) is 2. The van der Waals surface area contributed by atoms with Crippen LogP contribution < -0.4 is 10.2 Å². The van der Waals surface area contributed by atoms with Gasteiger partial charge in [0, 0.05) is 11.8 Å². The molecule has 0 fully saturated rings. The standard InChI is InChI=1S/C27H21N3O3S/c31-26(29-17-21-10-6-7-15-28-21)20-13-14-25-23(16-20)30(18-19-8-2-1-3-9-19)27(32)22-11-4-5-12-24(22)34(25)33/h1-16H,17-18H2,(H,29,31)/t34-/m0/s1. The van der Waals surface area contributed by atoms with Gasteiger partial charge < -0.3 is 10.2 Å². The molecule has 1 N–H and O–H groups in total. The maximum atomic E-state index is 13.6. The summed E-state index contributed by atoms with van der Waals surface area (Å²) in [6, 6.07) is 27.0. The number of pyridine rings is 1. The predicted molar refractivity (Wildman–Crippen MR) is 130 cm³/mol. The lowest BCUT2D eigenvalue weighted by atomic mass is 10.1. The van der Waals surface area contributed by atoms with Crippen LogP contribution in [0.25, 0.3) is 0 Å². The van der Waals surface area contributed by atoms with Crippen LogP contribution in [0.4, 0.5) is 5.69 Å². The molecule has 5 rings (SSSR count). The summed E-state index contributed by atoms with van der Waals surface area (Å²) in [5, 5.41) is 2.86. The molecule has 0 aliphatic carbocycles. The molecular weight excluding hydrogens is 446 g/mol. The van der Waals surface area contributed by atoms with Gasteiger partial charge >= 0.3 is 0 Å². The van der Waals surface area contributed by atoms with E-state index in [-0.39, 0.29) is 24.9 Å². The summed E-state index contributed by atoms with van der Waals surface area (Å²) < 4.78 is 13.5. The molecule has 0 unspecified atom stereocenters. The van der Waals surface area contributed by atoms with Gasteiger partial charge in [-0.3, -0.25) is 14.6 Å². The van der Waals surface area contributed by atoms with Crippen molar-refractivity contribution in [2.75, 3.05) is 4.90 Å². The molecule has 2 amide bonds. The van der Waals surface area contributed by atoms with Crippen molar-refractivity contribution in [2.45, 2.75) is 22.9 Å². The number of nitrogens with one attached hydrogen (secondary N) is 1. The lowest BCUT2D eigenvalue weighted by molar-refractivity contribution is 0.0947. The van der Waals surface area contributed by atoms with Crippen molar-refractivity contribution in [3.8, 4) is 0 Å². The molecule has 2 heterocycles. The van der Waals surface area contributed by atoms with E-state index in [0.29, 0.717) is 26.6 Å². The molecule has 3 aromatic carbocycles. The van der Waals surface area contributed by atoms with Crippen molar-refractivity contribution in [2.24, 2.45) is 0 Å². The monoisotopic (exact) mass is 467 g/mol. The van der Waals surface area contributed by atoms with Gasteiger partial charge in [-0.15, -0.1) is 0 Å². The molecule has 1 aromatic heterocycles. The number of aromatic nitrogens is 1. The van der Waals surface area contributed by atoms with Crippen molar-refractivity contribution in [3.63, 3.8) is 0 Å². The highest BCUT2D eigenvalue weighted by molar-refractivity contribution is 7.85. The topological polar surface area (TPSA) is 79.4 Å². The highest BCUT2D eigenvalue weighted by Gasteiger charge is 2.31. The maximum absolute atomic E-state index is 13.6. The predicted octanol–water partition coefficient (Wildman–Crippen LogP) is 4.34. The van der Waals surface area contributed by atoms with E-state index in [2.05, 4.69) is 10.3 Å². The van der Waals surface area contributed by atoms with Crippen LogP contribution in [-0.2, 0) is 23.9 Å². The Morgan fingerprint density at radius 1 is 0.882 bits per heavy atom. The Balaban J connectivity index is 1.54. The lowest BCUT2D eigenvalue weighted by Crippen LogP contribution is -2.31. The minimum atomic E-state index is -1.57. The summed E-state index contributed by atoms with van der Waals surface area (Å²) >= 11 is 0. The van der Waals surface area contributed by atoms with E-state index in [1.165, 1.54) is 0 Å². The second-order valence-electron chi connectivity index (χ2n) is 7.83. The van der Waals surface area contributed by atoms with Gasteiger partial charge in [0.1, 0.15) is 0 Å². The first-order valence-electron chi connectivity index (χ1n) is 10.8. The Labute approximate surface area is 199 Å². The van der Waals surface area contributed by atoms with Crippen LogP contribution in [-0.4, -0.2) is 21.0 Å². The van der Waals surface area contributed by atoms with Gasteiger partial charge in [-0.25, -0.2) is 4.21 Å². The normalized spacial score (nSPS) is 14.6. The van der Waals surface area contributed by atoms with Gasteiger partial charge in [-0.1, -0.05) is 48.5 Å². The molecule has 4 aromatic rings. The molecule has 0 saturated heterocycles. The molecule has 1 atom stereocenters. The first-order valence-corrected chi connectivity index (χ1v) is 12.0. The quantitative estimate of drug-likeness (QED) is 0.474. The summed E-state index contributed by atoms with van der Waals surface area (Å²) in [6.45, 7) is 0.567. The van der Waals surface area contributed by atoms with Crippen LogP contribution >= 0.6 is 0 Å². The third kappa shape index (κ3) is 4.25. The molecule has 0 saturated carbocycles. The fourth-order valence-electron chi connectivity index (χ4n) is 3.90. The van der Waals surface area contributed by atoms with Crippen LogP contribution in [0, 0.1) is 0 Å². The second-order valence-corrected chi connectivity index (χ2v) is 9.25.